The van der Waals surface area contributed by atoms with Gasteiger partial charge < -0.3 is 14.4 Å². The Morgan fingerprint density at radius 3 is 2.42 bits per heavy atom. The van der Waals surface area contributed by atoms with E-state index in [1.54, 1.807) is 26.2 Å². The molecule has 7 heteroatoms. The summed E-state index contributed by atoms with van der Waals surface area (Å²) in [7, 11) is 0. The summed E-state index contributed by atoms with van der Waals surface area (Å²) in [6.07, 6.45) is 6.85. The fourth-order valence-electron chi connectivity index (χ4n) is 5.47. The molecule has 4 heterocycles. The smallest absolute Gasteiger partial charge is 0.139 e. The van der Waals surface area contributed by atoms with Gasteiger partial charge in [0, 0.05) is 55.5 Å². The number of hydrogen-bond acceptors (Lipinski definition) is 4. The van der Waals surface area contributed by atoms with Crippen LogP contribution in [-0.2, 0) is 25.5 Å². The van der Waals surface area contributed by atoms with Gasteiger partial charge in [-0.15, -0.1) is 47.0 Å². The van der Waals surface area contributed by atoms with Gasteiger partial charge >= 0.3 is 0 Å². The molecule has 0 spiro atoms. The van der Waals surface area contributed by atoms with Crippen LogP contribution < -0.4 is 0 Å². The Morgan fingerprint density at radius 2 is 1.65 bits per heavy atom. The number of pyridine rings is 3. The third-order valence-electron chi connectivity index (χ3n) is 7.40. The summed E-state index contributed by atoms with van der Waals surface area (Å²) in [6, 6.07) is 17.4. The van der Waals surface area contributed by atoms with E-state index >= 15 is 0 Å². The molecule has 6 aromatic rings. The first-order valence-electron chi connectivity index (χ1n) is 12.6. The monoisotopic (exact) mass is 710 g/mol. The predicted octanol–water partition coefficient (Wildman–Crippen LogP) is 8.23. The average Bonchev–Trinajstić information content (AvgIpc) is 3.40. The number of hydrogen-bond donors (Lipinski definition) is 0. The van der Waals surface area contributed by atoms with Gasteiger partial charge in [-0.25, -0.2) is 4.39 Å². The van der Waals surface area contributed by atoms with E-state index in [1.807, 2.05) is 38.2 Å². The second kappa shape index (κ2) is 10.3. The molecule has 0 unspecified atom stereocenters. The minimum Gasteiger partial charge on any atom is -0.499 e. The minimum atomic E-state index is -0.587. The number of fused-ring (bicyclic) bond motifs is 6. The van der Waals surface area contributed by atoms with E-state index in [4.69, 9.17) is 4.42 Å². The van der Waals surface area contributed by atoms with Crippen molar-refractivity contribution >= 4 is 21.9 Å². The number of aryl methyl sites for hydroxylation is 2. The summed E-state index contributed by atoms with van der Waals surface area (Å²) in [4.78, 5) is 12.8. The van der Waals surface area contributed by atoms with Gasteiger partial charge in [-0.05, 0) is 48.3 Å². The molecule has 0 aliphatic heterocycles. The van der Waals surface area contributed by atoms with Gasteiger partial charge in [0.25, 0.3) is 0 Å². The second-order valence-corrected chi connectivity index (χ2v) is 10.4. The molecule has 0 saturated carbocycles. The van der Waals surface area contributed by atoms with Crippen LogP contribution >= 0.6 is 0 Å². The third-order valence-corrected chi connectivity index (χ3v) is 7.40. The summed E-state index contributed by atoms with van der Waals surface area (Å²) in [5.41, 5.74) is 7.83. The van der Waals surface area contributed by atoms with Gasteiger partial charge in [0.05, 0.1) is 11.8 Å². The topological polar surface area (TPSA) is 51.8 Å². The quantitative estimate of drug-likeness (QED) is 0.162. The molecule has 2 aromatic carbocycles. The van der Waals surface area contributed by atoms with Crippen molar-refractivity contribution in [3.05, 3.63) is 113 Å². The fourth-order valence-corrected chi connectivity index (χ4v) is 5.47. The first-order valence-corrected chi connectivity index (χ1v) is 12.6. The van der Waals surface area contributed by atoms with E-state index in [2.05, 4.69) is 46.1 Å². The van der Waals surface area contributed by atoms with Gasteiger partial charge in [-0.2, -0.15) is 0 Å². The molecule has 0 atom stereocenters. The van der Waals surface area contributed by atoms with Crippen molar-refractivity contribution < 1.29 is 33.3 Å². The van der Waals surface area contributed by atoms with E-state index in [0.29, 0.717) is 22.4 Å². The van der Waals surface area contributed by atoms with Gasteiger partial charge in [0.1, 0.15) is 11.4 Å². The first kappa shape index (κ1) is 27.8. The maximum absolute atomic E-state index is 14.4. The molecular formula is C33H25F2IrN3O-2. The zero-order valence-corrected chi connectivity index (χ0v) is 25.0. The molecule has 7 rings (SSSR count). The molecular weight excluding hydrogens is 685 g/mol. The van der Waals surface area contributed by atoms with Crippen LogP contribution in [-0.4, -0.2) is 15.0 Å². The van der Waals surface area contributed by atoms with E-state index in [0.717, 1.165) is 44.3 Å². The molecule has 4 aromatic heterocycles. The average molecular weight is 710 g/mol. The number of aromatic nitrogens is 3. The zero-order chi connectivity index (χ0) is 27.5. The van der Waals surface area contributed by atoms with Crippen LogP contribution in [0.3, 0.4) is 0 Å². The maximum atomic E-state index is 14.4. The third kappa shape index (κ3) is 4.43. The Kier molecular flexibility index (Phi) is 7.15. The van der Waals surface area contributed by atoms with Crippen LogP contribution in [0.15, 0.2) is 65.6 Å². The van der Waals surface area contributed by atoms with E-state index in [9.17, 15) is 8.78 Å². The summed E-state index contributed by atoms with van der Waals surface area (Å²) in [6.45, 7) is 9.28. The van der Waals surface area contributed by atoms with Crippen molar-refractivity contribution in [1.29, 1.82) is 0 Å². The molecule has 203 valence electrons. The van der Waals surface area contributed by atoms with Crippen LogP contribution in [0.5, 0.6) is 0 Å². The van der Waals surface area contributed by atoms with Gasteiger partial charge in [0.2, 0.25) is 0 Å². The summed E-state index contributed by atoms with van der Waals surface area (Å²) >= 11 is 0. The molecule has 40 heavy (non-hydrogen) atoms. The molecule has 4 nitrogen and oxygen atoms in total. The van der Waals surface area contributed by atoms with Gasteiger partial charge in [-0.1, -0.05) is 43.4 Å². The Balaban J connectivity index is 0.000000158. The number of halogens is 2. The van der Waals surface area contributed by atoms with Crippen molar-refractivity contribution in [2.75, 3.05) is 0 Å². The Hall–Kier alpha value is -3.80. The molecule has 1 radical (unpaired) electrons. The fraction of sp³-hybridized carbons (Fsp3) is 0.182. The van der Waals surface area contributed by atoms with Crippen LogP contribution in [0.1, 0.15) is 41.7 Å². The molecule has 1 aliphatic carbocycles. The molecule has 0 fully saturated rings. The predicted molar refractivity (Wildman–Crippen MR) is 148 cm³/mol. The number of rotatable bonds is 1. The van der Waals surface area contributed by atoms with E-state index < -0.39 is 5.41 Å². The molecule has 0 bridgehead atoms. The van der Waals surface area contributed by atoms with Crippen LogP contribution in [0.4, 0.5) is 8.78 Å². The van der Waals surface area contributed by atoms with E-state index in [-0.39, 0.29) is 31.7 Å². The van der Waals surface area contributed by atoms with Gasteiger partial charge in [0.15, 0.2) is 0 Å². The summed E-state index contributed by atoms with van der Waals surface area (Å²) in [5, 5.41) is 2.14. The summed E-state index contributed by atoms with van der Waals surface area (Å²) < 4.78 is 34.0. The standard InChI is InChI=1S/C17H11N2O.C16H14F2N.Ir/c1-11-4-7-19-15(8-11)12-2-3-16-14(9-12)13-5-6-18-10-17(13)20-16;1-8-7-19-15-10-5-6-11(17)9(2)12(10)16(3,4)13(15)14(8)18;/h3-10H,1H3;6-7H,1-4H3;/q2*-1;. The maximum Gasteiger partial charge on any atom is 0.139 e. The molecule has 0 N–H and O–H groups in total. The van der Waals surface area contributed by atoms with Crippen molar-refractivity contribution in [3.63, 3.8) is 0 Å². The Morgan fingerprint density at radius 1 is 0.850 bits per heavy atom. The second-order valence-electron chi connectivity index (χ2n) is 10.4. The molecule has 0 amide bonds. The molecule has 1 aliphatic rings. The minimum absolute atomic E-state index is 0. The van der Waals surface area contributed by atoms with Crippen molar-refractivity contribution in [2.24, 2.45) is 0 Å². The van der Waals surface area contributed by atoms with Crippen molar-refractivity contribution in [3.8, 4) is 22.5 Å². The van der Waals surface area contributed by atoms with Crippen molar-refractivity contribution in [2.45, 2.75) is 40.0 Å². The SMILES string of the molecule is Cc1ccnc(-c2[c-]cc3oc4cnccc4c3c2)c1.Cc1cnc2c(c1F)C(C)(C)c1c-2[c-]cc(F)c1C.[Ir]. The Bertz CT molecular complexity index is 1850. The van der Waals surface area contributed by atoms with Gasteiger partial charge in [-0.3, -0.25) is 9.37 Å². The first-order chi connectivity index (χ1) is 18.7. The van der Waals surface area contributed by atoms with Crippen molar-refractivity contribution in [1.82, 2.24) is 15.0 Å². The largest absolute Gasteiger partial charge is 0.499 e. The number of furan rings is 1. The Labute approximate surface area is 244 Å². The molecule has 0 saturated heterocycles. The zero-order valence-electron chi connectivity index (χ0n) is 22.6. The van der Waals surface area contributed by atoms with Crippen LogP contribution in [0.25, 0.3) is 44.5 Å². The number of nitrogens with zero attached hydrogens (tertiary/aromatic N) is 3. The van der Waals surface area contributed by atoms with E-state index in [1.165, 1.54) is 17.8 Å². The van der Waals surface area contributed by atoms with Crippen LogP contribution in [0.2, 0.25) is 0 Å². The number of benzene rings is 2. The summed E-state index contributed by atoms with van der Waals surface area (Å²) in [5.74, 6) is -0.559. The normalized spacial score (nSPS) is 12.9. The van der Waals surface area contributed by atoms with Crippen LogP contribution in [0, 0.1) is 44.5 Å².